The fourth-order valence-corrected chi connectivity index (χ4v) is 3.79. The molecule has 0 aliphatic heterocycles. The highest BCUT2D eigenvalue weighted by Gasteiger charge is 2.18. The first kappa shape index (κ1) is 21.3. The number of anilines is 1. The van der Waals surface area contributed by atoms with Crippen LogP contribution < -0.4 is 9.77 Å². The Morgan fingerprint density at radius 2 is 1.87 bits per heavy atom. The average molecular weight is 426 g/mol. The molecule has 1 amide bonds. The van der Waals surface area contributed by atoms with E-state index in [-0.39, 0.29) is 28.8 Å². The molecule has 2 aromatic carbocycles. The number of hydrogen-bond acceptors (Lipinski definition) is 5. The number of aromatic carboxylic acids is 1. The molecule has 0 spiro atoms. The number of hydrogen-bond donors (Lipinski definition) is 3. The topological polar surface area (TPSA) is 111 Å². The number of thiazole rings is 1. The van der Waals surface area contributed by atoms with E-state index in [1.165, 1.54) is 12.1 Å². The van der Waals surface area contributed by atoms with Gasteiger partial charge < -0.3 is 15.1 Å². The lowest BCUT2D eigenvalue weighted by atomic mass is 10.1. The molecule has 3 N–H and O–H groups in total. The summed E-state index contributed by atoms with van der Waals surface area (Å²) in [5, 5.41) is 19.1. The van der Waals surface area contributed by atoms with E-state index in [4.69, 9.17) is 0 Å². The highest BCUT2D eigenvalue weighted by atomic mass is 32.1. The fourth-order valence-electron chi connectivity index (χ4n) is 3.05. The lowest BCUT2D eigenvalue weighted by Crippen LogP contribution is -2.30. The smallest absolute Gasteiger partial charge is 0.335 e. The molecule has 0 fully saturated rings. The number of carboxylic acid groups (broad SMARTS) is 1. The van der Waals surface area contributed by atoms with Crippen molar-refractivity contribution in [1.82, 2.24) is 4.98 Å². The number of aromatic amines is 1. The van der Waals surface area contributed by atoms with Gasteiger partial charge in [-0.2, -0.15) is 0 Å². The van der Waals surface area contributed by atoms with Crippen LogP contribution in [0.25, 0.3) is 10.4 Å². The lowest BCUT2D eigenvalue weighted by Gasteiger charge is -2.23. The van der Waals surface area contributed by atoms with Crippen LogP contribution in [-0.2, 0) is 11.3 Å². The maximum atomic E-state index is 12.8. The summed E-state index contributed by atoms with van der Waals surface area (Å²) in [6.45, 7) is 2.29. The van der Waals surface area contributed by atoms with Gasteiger partial charge in [0.1, 0.15) is 0 Å². The number of aromatic hydroxyl groups is 1. The van der Waals surface area contributed by atoms with Crippen molar-refractivity contribution in [3.63, 3.8) is 0 Å². The predicted molar refractivity (Wildman–Crippen MR) is 116 cm³/mol. The van der Waals surface area contributed by atoms with Gasteiger partial charge in [-0.1, -0.05) is 55.0 Å². The second kappa shape index (κ2) is 9.41. The molecular weight excluding hydrogens is 404 g/mol. The van der Waals surface area contributed by atoms with E-state index in [9.17, 15) is 24.6 Å². The molecule has 1 heterocycles. The maximum Gasteiger partial charge on any atom is 0.335 e. The number of carbonyl (C=O) groups excluding carboxylic acids is 1. The number of H-pyrrole nitrogens is 1. The molecule has 0 aliphatic rings. The Labute approximate surface area is 177 Å². The molecule has 0 aliphatic carbocycles. The van der Waals surface area contributed by atoms with E-state index in [0.717, 1.165) is 29.7 Å². The van der Waals surface area contributed by atoms with Crippen molar-refractivity contribution in [1.29, 1.82) is 0 Å². The number of unbranched alkanes of at least 4 members (excludes halogenated alkanes) is 1. The summed E-state index contributed by atoms with van der Waals surface area (Å²) >= 11 is 0.921. The van der Waals surface area contributed by atoms with Crippen molar-refractivity contribution >= 4 is 28.9 Å². The zero-order valence-electron chi connectivity index (χ0n) is 16.4. The Hall–Kier alpha value is -3.39. The Kier molecular flexibility index (Phi) is 6.68. The highest BCUT2D eigenvalue weighted by molar-refractivity contribution is 7.13. The molecule has 0 radical (unpaired) electrons. The number of carboxylic acids is 1. The first-order valence-corrected chi connectivity index (χ1v) is 10.4. The summed E-state index contributed by atoms with van der Waals surface area (Å²) in [6, 6.07) is 13.5. The van der Waals surface area contributed by atoms with Crippen molar-refractivity contribution in [2.24, 2.45) is 0 Å². The molecule has 30 heavy (non-hydrogen) atoms. The van der Waals surface area contributed by atoms with Gasteiger partial charge in [-0.3, -0.25) is 14.6 Å². The molecule has 0 atom stereocenters. The number of carbonyl (C=O) groups is 2. The van der Waals surface area contributed by atoms with Crippen LogP contribution in [-0.4, -0.2) is 27.1 Å². The van der Waals surface area contributed by atoms with Gasteiger partial charge in [-0.25, -0.2) is 4.79 Å². The SMILES string of the molecule is CCCCC(=O)N(Cc1ccc(-c2sc(=O)[nH]c2O)cc1)c1cccc(C(=O)O)c1. The van der Waals surface area contributed by atoms with Crippen LogP contribution >= 0.6 is 11.3 Å². The third kappa shape index (κ3) is 4.96. The largest absolute Gasteiger partial charge is 0.493 e. The van der Waals surface area contributed by atoms with Gasteiger partial charge in [-0.15, -0.1) is 0 Å². The van der Waals surface area contributed by atoms with Crippen molar-refractivity contribution in [3.05, 3.63) is 69.3 Å². The monoisotopic (exact) mass is 426 g/mol. The minimum Gasteiger partial charge on any atom is -0.493 e. The van der Waals surface area contributed by atoms with Crippen LogP contribution in [0, 0.1) is 0 Å². The Bertz CT molecular complexity index is 1100. The molecular formula is C22H22N2O5S. The molecule has 3 aromatic rings. The van der Waals surface area contributed by atoms with Gasteiger partial charge in [0.05, 0.1) is 17.0 Å². The second-order valence-electron chi connectivity index (χ2n) is 6.83. The quantitative estimate of drug-likeness (QED) is 0.499. The van der Waals surface area contributed by atoms with Gasteiger partial charge in [0.25, 0.3) is 0 Å². The van der Waals surface area contributed by atoms with Crippen LogP contribution in [0.2, 0.25) is 0 Å². The zero-order chi connectivity index (χ0) is 21.7. The molecule has 0 unspecified atom stereocenters. The summed E-state index contributed by atoms with van der Waals surface area (Å²) in [5.74, 6) is -1.29. The second-order valence-corrected chi connectivity index (χ2v) is 7.81. The molecule has 8 heteroatoms. The number of aromatic nitrogens is 1. The van der Waals surface area contributed by atoms with Crippen LogP contribution in [0.15, 0.2) is 53.3 Å². The van der Waals surface area contributed by atoms with E-state index < -0.39 is 5.97 Å². The molecule has 3 rings (SSSR count). The van der Waals surface area contributed by atoms with Crippen molar-refractivity contribution in [3.8, 4) is 16.3 Å². The van der Waals surface area contributed by atoms with Crippen molar-refractivity contribution in [2.75, 3.05) is 4.90 Å². The van der Waals surface area contributed by atoms with Crippen LogP contribution in [0.3, 0.4) is 0 Å². The average Bonchev–Trinajstić information content (AvgIpc) is 3.08. The maximum absolute atomic E-state index is 12.8. The van der Waals surface area contributed by atoms with E-state index in [2.05, 4.69) is 4.98 Å². The van der Waals surface area contributed by atoms with Crippen molar-refractivity contribution in [2.45, 2.75) is 32.7 Å². The van der Waals surface area contributed by atoms with Crippen molar-refractivity contribution < 1.29 is 19.8 Å². The third-order valence-electron chi connectivity index (χ3n) is 4.64. The van der Waals surface area contributed by atoms with E-state index in [1.807, 2.05) is 19.1 Å². The number of nitrogens with one attached hydrogen (secondary N) is 1. The highest BCUT2D eigenvalue weighted by Crippen LogP contribution is 2.30. The Balaban J connectivity index is 1.88. The summed E-state index contributed by atoms with van der Waals surface area (Å²) in [7, 11) is 0. The molecule has 7 nitrogen and oxygen atoms in total. The van der Waals surface area contributed by atoms with Gasteiger partial charge in [0.2, 0.25) is 11.8 Å². The number of nitrogens with zero attached hydrogens (tertiary/aromatic N) is 1. The summed E-state index contributed by atoms with van der Waals surface area (Å²) < 4.78 is 0. The van der Waals surface area contributed by atoms with Gasteiger partial charge in [0, 0.05) is 12.1 Å². The lowest BCUT2D eigenvalue weighted by molar-refractivity contribution is -0.118. The van der Waals surface area contributed by atoms with Gasteiger partial charge in [-0.05, 0) is 35.7 Å². The number of benzene rings is 2. The predicted octanol–water partition coefficient (Wildman–Crippen LogP) is 4.23. The number of rotatable bonds is 8. The summed E-state index contributed by atoms with van der Waals surface area (Å²) in [6.07, 6.45) is 2.00. The summed E-state index contributed by atoms with van der Waals surface area (Å²) in [4.78, 5) is 39.6. The van der Waals surface area contributed by atoms with Crippen LogP contribution in [0.1, 0.15) is 42.1 Å². The summed E-state index contributed by atoms with van der Waals surface area (Å²) in [5.41, 5.74) is 2.18. The standard InChI is InChI=1S/C22H22N2O5S/c1-2-3-7-18(25)24(17-6-4-5-16(12-17)21(27)28)13-14-8-10-15(11-9-14)19-20(26)23-22(29)30-19/h4-6,8-12,26H,2-3,7,13H2,1H3,(H,23,29)(H,27,28). The van der Waals surface area contributed by atoms with Gasteiger partial charge >= 0.3 is 10.8 Å². The normalized spacial score (nSPS) is 10.7. The molecule has 1 aromatic heterocycles. The molecule has 0 saturated carbocycles. The zero-order valence-corrected chi connectivity index (χ0v) is 17.2. The van der Waals surface area contributed by atoms with E-state index in [1.54, 1.807) is 29.2 Å². The molecule has 156 valence electrons. The third-order valence-corrected chi connectivity index (χ3v) is 5.56. The molecule has 0 saturated heterocycles. The first-order valence-electron chi connectivity index (χ1n) is 9.54. The van der Waals surface area contributed by atoms with Gasteiger partial charge in [0.15, 0.2) is 0 Å². The first-order chi connectivity index (χ1) is 14.4. The minimum atomic E-state index is -1.05. The van der Waals surface area contributed by atoms with E-state index in [0.29, 0.717) is 22.5 Å². The van der Waals surface area contributed by atoms with Crippen LogP contribution in [0.5, 0.6) is 5.88 Å². The Morgan fingerprint density at radius 1 is 1.13 bits per heavy atom. The number of amides is 1. The molecule has 0 bridgehead atoms. The fraction of sp³-hybridized carbons (Fsp3) is 0.227. The van der Waals surface area contributed by atoms with E-state index >= 15 is 0 Å². The minimum absolute atomic E-state index is 0.0787. The van der Waals surface area contributed by atoms with Crippen LogP contribution in [0.4, 0.5) is 5.69 Å². The Morgan fingerprint density at radius 3 is 2.47 bits per heavy atom.